The highest BCUT2D eigenvalue weighted by Gasteiger charge is 2.05. The van der Waals surface area contributed by atoms with E-state index >= 15 is 0 Å². The van der Waals surface area contributed by atoms with Crippen molar-refractivity contribution in [3.8, 4) is 11.4 Å². The van der Waals surface area contributed by atoms with Crippen LogP contribution in [-0.2, 0) is 4.74 Å². The third-order valence-corrected chi connectivity index (χ3v) is 1.99. The predicted molar refractivity (Wildman–Crippen MR) is 53.2 cm³/mol. The maximum absolute atomic E-state index is 11.2. The molecule has 5 heteroatoms. The summed E-state index contributed by atoms with van der Waals surface area (Å²) in [6.45, 7) is 0. The van der Waals surface area contributed by atoms with Crippen molar-refractivity contribution in [1.82, 2.24) is 15.2 Å². The van der Waals surface area contributed by atoms with Gasteiger partial charge in [0.05, 0.1) is 12.7 Å². The fraction of sp³-hybridized carbons (Fsp3) is 0.100. The molecule has 2 rings (SSSR count). The number of nitrogens with zero attached hydrogens (tertiary/aromatic N) is 2. The zero-order valence-electron chi connectivity index (χ0n) is 8.10. The summed E-state index contributed by atoms with van der Waals surface area (Å²) in [6, 6.07) is 6.94. The van der Waals surface area contributed by atoms with Crippen LogP contribution in [0.5, 0.6) is 0 Å². The van der Waals surface area contributed by atoms with Crippen molar-refractivity contribution in [2.24, 2.45) is 0 Å². The van der Waals surface area contributed by atoms with Gasteiger partial charge < -0.3 is 4.74 Å². The van der Waals surface area contributed by atoms with E-state index in [9.17, 15) is 4.79 Å². The first-order chi connectivity index (χ1) is 7.31. The molecule has 0 spiro atoms. The van der Waals surface area contributed by atoms with E-state index in [4.69, 9.17) is 0 Å². The van der Waals surface area contributed by atoms with Gasteiger partial charge in [0.15, 0.2) is 5.82 Å². The van der Waals surface area contributed by atoms with Crippen molar-refractivity contribution in [3.05, 3.63) is 36.2 Å². The number of carbonyl (C=O) groups excluding carboxylic acids is 1. The number of methoxy groups -OCH3 is 1. The molecule has 0 saturated carbocycles. The Kier molecular flexibility index (Phi) is 2.45. The average molecular weight is 203 g/mol. The molecule has 0 saturated heterocycles. The van der Waals surface area contributed by atoms with Crippen LogP contribution in [0, 0.1) is 0 Å². The van der Waals surface area contributed by atoms with Crippen LogP contribution in [0.1, 0.15) is 10.4 Å². The van der Waals surface area contributed by atoms with E-state index in [0.717, 1.165) is 5.56 Å². The highest BCUT2D eigenvalue weighted by Crippen LogP contribution is 2.14. The van der Waals surface area contributed by atoms with Gasteiger partial charge in [0.2, 0.25) is 0 Å². The fourth-order valence-electron chi connectivity index (χ4n) is 1.23. The molecule has 0 atom stereocenters. The van der Waals surface area contributed by atoms with Crippen molar-refractivity contribution in [1.29, 1.82) is 0 Å². The summed E-state index contributed by atoms with van der Waals surface area (Å²) in [4.78, 5) is 15.2. The second-order valence-electron chi connectivity index (χ2n) is 2.90. The summed E-state index contributed by atoms with van der Waals surface area (Å²) in [6.07, 6.45) is 1.43. The van der Waals surface area contributed by atoms with Gasteiger partial charge >= 0.3 is 5.97 Å². The summed E-state index contributed by atoms with van der Waals surface area (Å²) in [5.41, 5.74) is 1.39. The quantitative estimate of drug-likeness (QED) is 0.746. The van der Waals surface area contributed by atoms with Crippen LogP contribution in [0.4, 0.5) is 0 Å². The van der Waals surface area contributed by atoms with Crippen molar-refractivity contribution in [3.63, 3.8) is 0 Å². The zero-order valence-corrected chi connectivity index (χ0v) is 8.10. The molecule has 76 valence electrons. The molecule has 0 aliphatic carbocycles. The predicted octanol–water partition coefficient (Wildman–Crippen LogP) is 1.26. The highest BCUT2D eigenvalue weighted by atomic mass is 16.5. The number of hydrogen-bond acceptors (Lipinski definition) is 4. The number of carbonyl (C=O) groups is 1. The monoisotopic (exact) mass is 203 g/mol. The molecule has 0 amide bonds. The molecular weight excluding hydrogens is 194 g/mol. The normalized spacial score (nSPS) is 9.93. The summed E-state index contributed by atoms with van der Waals surface area (Å²) in [7, 11) is 1.35. The molecule has 0 fully saturated rings. The lowest BCUT2D eigenvalue weighted by Crippen LogP contribution is -2.00. The van der Waals surface area contributed by atoms with E-state index in [-0.39, 0.29) is 5.97 Å². The number of hydrogen-bond donors (Lipinski definition) is 1. The SMILES string of the molecule is COC(=O)c1ccc(-c2ncn[nH]2)cc1. The molecule has 5 nitrogen and oxygen atoms in total. The molecule has 0 aliphatic rings. The van der Waals surface area contributed by atoms with Crippen LogP contribution < -0.4 is 0 Å². The molecule has 0 radical (unpaired) electrons. The molecule has 0 bridgehead atoms. The van der Waals surface area contributed by atoms with E-state index in [1.807, 2.05) is 0 Å². The number of ether oxygens (including phenoxy) is 1. The van der Waals surface area contributed by atoms with Gasteiger partial charge in [-0.15, -0.1) is 0 Å². The third-order valence-electron chi connectivity index (χ3n) is 1.99. The number of aromatic amines is 1. The number of esters is 1. The first kappa shape index (κ1) is 9.39. The minimum absolute atomic E-state index is 0.348. The van der Waals surface area contributed by atoms with Crippen LogP contribution >= 0.6 is 0 Å². The number of aromatic nitrogens is 3. The molecule has 0 aliphatic heterocycles. The van der Waals surface area contributed by atoms with Gasteiger partial charge in [-0.25, -0.2) is 9.78 Å². The number of benzene rings is 1. The van der Waals surface area contributed by atoms with Crippen LogP contribution in [-0.4, -0.2) is 28.3 Å². The first-order valence-electron chi connectivity index (χ1n) is 4.35. The van der Waals surface area contributed by atoms with Gasteiger partial charge in [0.25, 0.3) is 0 Å². The largest absolute Gasteiger partial charge is 0.465 e. The van der Waals surface area contributed by atoms with Crippen LogP contribution in [0.25, 0.3) is 11.4 Å². The standard InChI is InChI=1S/C10H9N3O2/c1-15-10(14)8-4-2-7(3-5-8)9-11-6-12-13-9/h2-6H,1H3,(H,11,12,13). The van der Waals surface area contributed by atoms with E-state index in [1.165, 1.54) is 13.4 Å². The van der Waals surface area contributed by atoms with Crippen LogP contribution in [0.2, 0.25) is 0 Å². The van der Waals surface area contributed by atoms with E-state index in [1.54, 1.807) is 24.3 Å². The maximum atomic E-state index is 11.2. The molecule has 2 aromatic rings. The minimum Gasteiger partial charge on any atom is -0.465 e. The van der Waals surface area contributed by atoms with Gasteiger partial charge in [0, 0.05) is 5.56 Å². The van der Waals surface area contributed by atoms with E-state index < -0.39 is 0 Å². The molecular formula is C10H9N3O2. The Morgan fingerprint density at radius 2 is 2.07 bits per heavy atom. The molecule has 15 heavy (non-hydrogen) atoms. The van der Waals surface area contributed by atoms with Gasteiger partial charge in [0.1, 0.15) is 6.33 Å². The highest BCUT2D eigenvalue weighted by molar-refractivity contribution is 5.89. The van der Waals surface area contributed by atoms with Gasteiger partial charge in [-0.3, -0.25) is 5.10 Å². The lowest BCUT2D eigenvalue weighted by atomic mass is 10.1. The fourth-order valence-corrected chi connectivity index (χ4v) is 1.23. The third kappa shape index (κ3) is 1.85. The Morgan fingerprint density at radius 1 is 1.33 bits per heavy atom. The molecule has 1 N–H and O–H groups in total. The van der Waals surface area contributed by atoms with E-state index in [0.29, 0.717) is 11.4 Å². The van der Waals surface area contributed by atoms with Gasteiger partial charge in [-0.05, 0) is 12.1 Å². The lowest BCUT2D eigenvalue weighted by Gasteiger charge is -1.99. The second-order valence-corrected chi connectivity index (χ2v) is 2.90. The number of nitrogens with one attached hydrogen (secondary N) is 1. The smallest absolute Gasteiger partial charge is 0.337 e. The van der Waals surface area contributed by atoms with Gasteiger partial charge in [-0.2, -0.15) is 5.10 Å². The van der Waals surface area contributed by atoms with Crippen molar-refractivity contribution < 1.29 is 9.53 Å². The molecule has 1 aromatic carbocycles. The van der Waals surface area contributed by atoms with Crippen molar-refractivity contribution in [2.45, 2.75) is 0 Å². The first-order valence-corrected chi connectivity index (χ1v) is 4.35. The van der Waals surface area contributed by atoms with Crippen LogP contribution in [0.3, 0.4) is 0 Å². The van der Waals surface area contributed by atoms with Crippen molar-refractivity contribution in [2.75, 3.05) is 7.11 Å². The van der Waals surface area contributed by atoms with E-state index in [2.05, 4.69) is 19.9 Å². The molecule has 0 unspecified atom stereocenters. The summed E-state index contributed by atoms with van der Waals surface area (Å²) < 4.78 is 4.59. The Labute approximate surface area is 86.1 Å². The number of rotatable bonds is 2. The van der Waals surface area contributed by atoms with Gasteiger partial charge in [-0.1, -0.05) is 12.1 Å². The lowest BCUT2D eigenvalue weighted by molar-refractivity contribution is 0.0601. The van der Waals surface area contributed by atoms with Crippen molar-refractivity contribution >= 4 is 5.97 Å². The second kappa shape index (κ2) is 3.91. The minimum atomic E-state index is -0.348. The summed E-state index contributed by atoms with van der Waals surface area (Å²) in [5.74, 6) is 0.325. The summed E-state index contributed by atoms with van der Waals surface area (Å²) in [5, 5.41) is 6.48. The Bertz CT molecular complexity index is 448. The zero-order chi connectivity index (χ0) is 10.7. The number of H-pyrrole nitrogens is 1. The summed E-state index contributed by atoms with van der Waals surface area (Å²) >= 11 is 0. The topological polar surface area (TPSA) is 67.9 Å². The Balaban J connectivity index is 2.29. The van der Waals surface area contributed by atoms with Crippen LogP contribution in [0.15, 0.2) is 30.6 Å². The molecule has 1 aromatic heterocycles. The Hall–Kier alpha value is -2.17. The average Bonchev–Trinajstić information content (AvgIpc) is 2.82. The molecule has 1 heterocycles. The Morgan fingerprint density at radius 3 is 2.60 bits per heavy atom. The maximum Gasteiger partial charge on any atom is 0.337 e.